The minimum absolute atomic E-state index is 0.0428. The second-order valence-electron chi connectivity index (χ2n) is 13.1. The summed E-state index contributed by atoms with van der Waals surface area (Å²) in [6.45, 7) is 9.15. The quantitative estimate of drug-likeness (QED) is 0.182. The van der Waals surface area contributed by atoms with E-state index < -0.39 is 0 Å². The number of para-hydroxylation sites is 3. The number of rotatable bonds is 2. The fourth-order valence-corrected chi connectivity index (χ4v) is 8.95. The van der Waals surface area contributed by atoms with Crippen LogP contribution < -0.4 is 10.9 Å². The Morgan fingerprint density at radius 1 is 0.467 bits per heavy atom. The molecule has 3 heteroatoms. The van der Waals surface area contributed by atoms with Gasteiger partial charge in [0.25, 0.3) is 0 Å². The van der Waals surface area contributed by atoms with E-state index in [1.807, 2.05) is 0 Å². The molecule has 0 radical (unpaired) electrons. The van der Waals surface area contributed by atoms with Crippen LogP contribution in [0.25, 0.3) is 71.9 Å². The van der Waals surface area contributed by atoms with Crippen LogP contribution in [0.3, 0.4) is 0 Å². The molecule has 0 saturated heterocycles. The molecule has 2 nitrogen and oxygen atoms in total. The first kappa shape index (κ1) is 25.1. The lowest BCUT2D eigenvalue weighted by molar-refractivity contribution is 1.17. The first-order valence-electron chi connectivity index (χ1n) is 16.0. The minimum Gasteiger partial charge on any atom is -0.375 e. The predicted molar refractivity (Wildman–Crippen MR) is 192 cm³/mol. The molecule has 4 heterocycles. The third-order valence-electron chi connectivity index (χ3n) is 10.6. The Labute approximate surface area is 263 Å². The van der Waals surface area contributed by atoms with Gasteiger partial charge in [0.2, 0.25) is 0 Å². The molecule has 2 aliphatic rings. The Balaban J connectivity index is 1.48. The van der Waals surface area contributed by atoms with Crippen molar-refractivity contribution < 1.29 is 0 Å². The molecular formula is C42H31BN2. The van der Waals surface area contributed by atoms with Gasteiger partial charge in [0.05, 0.1) is 11.0 Å². The van der Waals surface area contributed by atoms with Crippen LogP contribution in [-0.2, 0) is 0 Å². The first-order valence-corrected chi connectivity index (χ1v) is 16.0. The van der Waals surface area contributed by atoms with Gasteiger partial charge in [-0.05, 0) is 84.1 Å². The second kappa shape index (κ2) is 8.67. The van der Waals surface area contributed by atoms with Gasteiger partial charge >= 0.3 is 6.85 Å². The molecule has 0 atom stereocenters. The summed E-state index contributed by atoms with van der Waals surface area (Å²) in [5, 5.41) is 3.97. The number of fused-ring (bicyclic) bond motifs is 7. The minimum atomic E-state index is 0.0428. The molecule has 0 fully saturated rings. The van der Waals surface area contributed by atoms with E-state index in [2.05, 4.69) is 152 Å². The molecule has 0 N–H and O–H groups in total. The summed E-state index contributed by atoms with van der Waals surface area (Å²) in [7, 11) is 0. The van der Waals surface area contributed by atoms with Crippen molar-refractivity contribution in [3.05, 3.63) is 138 Å². The highest BCUT2D eigenvalue weighted by molar-refractivity contribution is 6.89. The third kappa shape index (κ3) is 3.01. The topological polar surface area (TPSA) is 9.86 Å². The zero-order valence-corrected chi connectivity index (χ0v) is 25.9. The molecule has 0 saturated carbocycles. The van der Waals surface area contributed by atoms with Gasteiger partial charge in [-0.1, -0.05) is 103 Å². The number of hydrogen-bond acceptors (Lipinski definition) is 0. The highest BCUT2D eigenvalue weighted by Gasteiger charge is 2.42. The SMILES string of the molecule is Cc1cccc(C)c1-c1c(-c2c(C)cccc2C)n2c3c(cccc13)-c1cccc3c1B2c1cccc2c4ccccc4n-3c12. The Kier molecular flexibility index (Phi) is 4.83. The van der Waals surface area contributed by atoms with Crippen molar-refractivity contribution in [2.24, 2.45) is 0 Å². The number of aromatic nitrogens is 2. The van der Waals surface area contributed by atoms with Gasteiger partial charge in [0.15, 0.2) is 0 Å². The average Bonchev–Trinajstić information content (AvgIpc) is 3.56. The predicted octanol–water partition coefficient (Wildman–Crippen LogP) is 9.25. The van der Waals surface area contributed by atoms with Crippen molar-refractivity contribution >= 4 is 50.5 Å². The second-order valence-corrected chi connectivity index (χ2v) is 13.1. The number of nitrogens with zero attached hydrogens (tertiary/aromatic N) is 2. The normalized spacial score (nSPS) is 12.8. The molecule has 2 aliphatic heterocycles. The Hall–Kier alpha value is -5.28. The maximum Gasteiger partial charge on any atom is 0.333 e. The lowest BCUT2D eigenvalue weighted by Gasteiger charge is -2.34. The van der Waals surface area contributed by atoms with Crippen molar-refractivity contribution in [3.8, 4) is 39.2 Å². The molecule has 2 aromatic heterocycles. The van der Waals surface area contributed by atoms with Crippen LogP contribution in [0.2, 0.25) is 0 Å². The zero-order valence-electron chi connectivity index (χ0n) is 25.9. The highest BCUT2D eigenvalue weighted by Crippen LogP contribution is 2.50. The van der Waals surface area contributed by atoms with Crippen LogP contribution in [0.5, 0.6) is 0 Å². The molecule has 8 aromatic rings. The molecule has 0 aliphatic carbocycles. The number of hydrogen-bond donors (Lipinski definition) is 0. The van der Waals surface area contributed by atoms with Crippen LogP contribution in [0.1, 0.15) is 22.3 Å². The van der Waals surface area contributed by atoms with E-state index in [1.54, 1.807) is 0 Å². The summed E-state index contributed by atoms with van der Waals surface area (Å²) in [4.78, 5) is 0. The number of aryl methyl sites for hydroxylation is 4. The third-order valence-corrected chi connectivity index (χ3v) is 10.6. The first-order chi connectivity index (χ1) is 22.0. The maximum atomic E-state index is 2.74. The van der Waals surface area contributed by atoms with E-state index in [-0.39, 0.29) is 6.85 Å². The summed E-state index contributed by atoms with van der Waals surface area (Å²) < 4.78 is 5.28. The van der Waals surface area contributed by atoms with Gasteiger partial charge in [-0.15, -0.1) is 0 Å². The molecule has 212 valence electrons. The molecule has 0 spiro atoms. The van der Waals surface area contributed by atoms with Gasteiger partial charge in [-0.2, -0.15) is 0 Å². The Bertz CT molecular complexity index is 2550. The van der Waals surface area contributed by atoms with Gasteiger partial charge in [0.1, 0.15) is 0 Å². The molecule has 0 unspecified atom stereocenters. The molecule has 0 amide bonds. The molecule has 10 rings (SSSR count). The van der Waals surface area contributed by atoms with Gasteiger partial charge in [-0.3, -0.25) is 0 Å². The van der Waals surface area contributed by atoms with E-state index in [4.69, 9.17) is 0 Å². The van der Waals surface area contributed by atoms with Gasteiger partial charge < -0.3 is 9.05 Å². The van der Waals surface area contributed by atoms with Crippen LogP contribution in [0.4, 0.5) is 0 Å². The highest BCUT2D eigenvalue weighted by atomic mass is 15.0. The summed E-state index contributed by atoms with van der Waals surface area (Å²) in [5.74, 6) is 0. The maximum absolute atomic E-state index is 2.74. The van der Waals surface area contributed by atoms with Crippen LogP contribution in [-0.4, -0.2) is 15.9 Å². The summed E-state index contributed by atoms with van der Waals surface area (Å²) >= 11 is 0. The fourth-order valence-electron chi connectivity index (χ4n) is 8.95. The van der Waals surface area contributed by atoms with Crippen LogP contribution in [0, 0.1) is 27.7 Å². The van der Waals surface area contributed by atoms with E-state index in [0.29, 0.717) is 0 Å². The van der Waals surface area contributed by atoms with Crippen molar-refractivity contribution in [2.75, 3.05) is 0 Å². The lowest BCUT2D eigenvalue weighted by atomic mass is 9.45. The van der Waals surface area contributed by atoms with Crippen molar-refractivity contribution in [1.29, 1.82) is 0 Å². The summed E-state index contributed by atoms with van der Waals surface area (Å²) in [5.41, 5.74) is 21.3. The van der Waals surface area contributed by atoms with Gasteiger partial charge in [-0.25, -0.2) is 0 Å². The van der Waals surface area contributed by atoms with E-state index in [1.165, 1.54) is 105 Å². The number of benzene rings is 6. The Morgan fingerprint density at radius 3 is 1.84 bits per heavy atom. The summed E-state index contributed by atoms with van der Waals surface area (Å²) in [6.07, 6.45) is 0. The standard InChI is InChI=1S/C42H31BN2/c1-24-12-7-13-25(2)36(24)38-32-20-9-18-31-29-17-11-23-35-39(29)43(45(40(31)32)42(38)37-26(3)14-8-15-27(37)4)33-21-10-19-30-28-16-5-6-22-34(28)44(35)41(30)33/h5-23H,1-4H3. The molecular weight excluding hydrogens is 543 g/mol. The molecule has 0 bridgehead atoms. The summed E-state index contributed by atoms with van der Waals surface area (Å²) in [6, 6.07) is 43.3. The fraction of sp³-hybridized carbons (Fsp3) is 0.0952. The monoisotopic (exact) mass is 574 g/mol. The van der Waals surface area contributed by atoms with E-state index >= 15 is 0 Å². The van der Waals surface area contributed by atoms with Crippen LogP contribution >= 0.6 is 0 Å². The van der Waals surface area contributed by atoms with Crippen molar-refractivity contribution in [3.63, 3.8) is 0 Å². The van der Waals surface area contributed by atoms with Crippen LogP contribution in [0.15, 0.2) is 115 Å². The van der Waals surface area contributed by atoms with E-state index in [0.717, 1.165) is 0 Å². The van der Waals surface area contributed by atoms with Crippen molar-refractivity contribution in [1.82, 2.24) is 9.05 Å². The molecule has 45 heavy (non-hydrogen) atoms. The smallest absolute Gasteiger partial charge is 0.333 e. The Morgan fingerprint density at radius 2 is 1.07 bits per heavy atom. The average molecular weight is 575 g/mol. The lowest BCUT2D eigenvalue weighted by Crippen LogP contribution is -2.55. The molecule has 6 aromatic carbocycles. The van der Waals surface area contributed by atoms with Crippen molar-refractivity contribution in [2.45, 2.75) is 27.7 Å². The van der Waals surface area contributed by atoms with Gasteiger partial charge in [0, 0.05) is 49.7 Å². The largest absolute Gasteiger partial charge is 0.375 e. The zero-order chi connectivity index (χ0) is 30.1. The van der Waals surface area contributed by atoms with E-state index in [9.17, 15) is 0 Å².